The van der Waals surface area contributed by atoms with Crippen LogP contribution in [0.4, 0.5) is 0 Å². The van der Waals surface area contributed by atoms with E-state index in [1.54, 1.807) is 0 Å². The van der Waals surface area contributed by atoms with Crippen LogP contribution in [0.3, 0.4) is 0 Å². The lowest BCUT2D eigenvalue weighted by molar-refractivity contribution is 0.282. The Bertz CT molecular complexity index is 407. The van der Waals surface area contributed by atoms with Gasteiger partial charge in [0, 0.05) is 19.1 Å². The summed E-state index contributed by atoms with van der Waals surface area (Å²) in [4.78, 5) is 2.48. The summed E-state index contributed by atoms with van der Waals surface area (Å²) in [6.07, 6.45) is 1.41. The second-order valence-electron chi connectivity index (χ2n) is 6.46. The summed E-state index contributed by atoms with van der Waals surface area (Å²) in [6, 6.07) is 7.28. The van der Waals surface area contributed by atoms with Gasteiger partial charge >= 0.3 is 0 Å². The molecule has 2 nitrogen and oxygen atoms in total. The van der Waals surface area contributed by atoms with Crippen molar-refractivity contribution in [1.29, 1.82) is 0 Å². The van der Waals surface area contributed by atoms with Crippen molar-refractivity contribution in [3.8, 4) is 0 Å². The van der Waals surface area contributed by atoms with Gasteiger partial charge in [-0.25, -0.2) is 0 Å². The molecule has 2 rings (SSSR count). The molecule has 0 bridgehead atoms. The molecule has 0 saturated heterocycles. The fraction of sp³-hybridized carbons (Fsp3) is 0.647. The van der Waals surface area contributed by atoms with E-state index in [1.165, 1.54) is 29.7 Å². The molecule has 1 aromatic carbocycles. The zero-order chi connectivity index (χ0) is 14.0. The number of nitrogens with zero attached hydrogens (tertiary/aromatic N) is 1. The van der Waals surface area contributed by atoms with Crippen molar-refractivity contribution < 1.29 is 0 Å². The monoisotopic (exact) mass is 260 g/mol. The molecular weight excluding hydrogens is 232 g/mol. The summed E-state index contributed by atoms with van der Waals surface area (Å²) in [5.74, 6) is 1.87. The van der Waals surface area contributed by atoms with Gasteiger partial charge in [0.2, 0.25) is 0 Å². The second kappa shape index (κ2) is 6.06. The SMILES string of the molecule is CNC(CN(C)CC1CC1C)c1cc(C)cc(C)c1. The lowest BCUT2D eigenvalue weighted by Crippen LogP contribution is -2.32. The molecule has 0 radical (unpaired) electrons. The zero-order valence-electron chi connectivity index (χ0n) is 13.0. The van der Waals surface area contributed by atoms with Crippen LogP contribution < -0.4 is 5.32 Å². The minimum Gasteiger partial charge on any atom is -0.312 e. The van der Waals surface area contributed by atoms with Crippen LogP contribution in [0.25, 0.3) is 0 Å². The Balaban J connectivity index is 1.98. The summed E-state index contributed by atoms with van der Waals surface area (Å²) in [7, 11) is 4.31. The van der Waals surface area contributed by atoms with E-state index >= 15 is 0 Å². The summed E-state index contributed by atoms with van der Waals surface area (Å²) < 4.78 is 0. The van der Waals surface area contributed by atoms with Crippen molar-refractivity contribution in [2.45, 2.75) is 33.2 Å². The van der Waals surface area contributed by atoms with Crippen LogP contribution in [0.2, 0.25) is 0 Å². The summed E-state index contributed by atoms with van der Waals surface area (Å²) in [5.41, 5.74) is 4.12. The molecule has 1 fully saturated rings. The Morgan fingerprint density at radius 3 is 2.32 bits per heavy atom. The van der Waals surface area contributed by atoms with E-state index in [0.717, 1.165) is 18.4 Å². The van der Waals surface area contributed by atoms with Crippen LogP contribution in [0, 0.1) is 25.7 Å². The van der Waals surface area contributed by atoms with E-state index in [4.69, 9.17) is 0 Å². The molecule has 0 heterocycles. The Morgan fingerprint density at radius 1 is 1.26 bits per heavy atom. The number of nitrogens with one attached hydrogen (secondary N) is 1. The van der Waals surface area contributed by atoms with Crippen molar-refractivity contribution >= 4 is 0 Å². The van der Waals surface area contributed by atoms with E-state index in [2.05, 4.69) is 63.3 Å². The van der Waals surface area contributed by atoms with Gasteiger partial charge in [-0.05, 0) is 51.8 Å². The van der Waals surface area contributed by atoms with Crippen molar-refractivity contribution in [3.63, 3.8) is 0 Å². The first-order valence-corrected chi connectivity index (χ1v) is 7.43. The predicted molar refractivity (Wildman–Crippen MR) is 82.5 cm³/mol. The highest BCUT2D eigenvalue weighted by Crippen LogP contribution is 2.38. The smallest absolute Gasteiger partial charge is 0.0446 e. The van der Waals surface area contributed by atoms with Gasteiger partial charge in [-0.15, -0.1) is 0 Å². The molecular formula is C17H28N2. The van der Waals surface area contributed by atoms with Gasteiger partial charge in [0.05, 0.1) is 0 Å². The molecule has 3 atom stereocenters. The van der Waals surface area contributed by atoms with Crippen molar-refractivity contribution in [2.75, 3.05) is 27.2 Å². The first-order chi connectivity index (χ1) is 8.99. The lowest BCUT2D eigenvalue weighted by atomic mass is 10.0. The standard InChI is InChI=1S/C17H28N2/c1-12-6-13(2)8-15(7-12)17(18-4)11-19(5)10-16-9-14(16)3/h6-8,14,16-18H,9-11H2,1-5H3. The van der Waals surface area contributed by atoms with E-state index in [0.29, 0.717) is 6.04 Å². The Labute approximate surface area is 118 Å². The maximum absolute atomic E-state index is 3.47. The molecule has 0 spiro atoms. The van der Waals surface area contributed by atoms with Crippen LogP contribution in [0.5, 0.6) is 0 Å². The number of benzene rings is 1. The Kier molecular flexibility index (Phi) is 4.64. The van der Waals surface area contributed by atoms with Gasteiger partial charge < -0.3 is 10.2 Å². The maximum Gasteiger partial charge on any atom is 0.0446 e. The molecule has 1 saturated carbocycles. The third-order valence-corrected chi connectivity index (χ3v) is 4.31. The van der Waals surface area contributed by atoms with E-state index in [9.17, 15) is 0 Å². The van der Waals surface area contributed by atoms with Gasteiger partial charge in [0.1, 0.15) is 0 Å². The number of hydrogen-bond donors (Lipinski definition) is 1. The summed E-state index contributed by atoms with van der Waals surface area (Å²) in [6.45, 7) is 9.04. The van der Waals surface area contributed by atoms with Crippen LogP contribution >= 0.6 is 0 Å². The largest absolute Gasteiger partial charge is 0.312 e. The minimum atomic E-state index is 0.428. The first kappa shape index (κ1) is 14.5. The van der Waals surface area contributed by atoms with Gasteiger partial charge in [-0.2, -0.15) is 0 Å². The molecule has 1 aliphatic carbocycles. The number of likely N-dealkylation sites (N-methyl/N-ethyl adjacent to an activating group) is 2. The fourth-order valence-corrected chi connectivity index (χ4v) is 3.01. The minimum absolute atomic E-state index is 0.428. The Morgan fingerprint density at radius 2 is 1.84 bits per heavy atom. The molecule has 3 unspecified atom stereocenters. The molecule has 0 aromatic heterocycles. The number of rotatable bonds is 6. The fourth-order valence-electron chi connectivity index (χ4n) is 3.01. The number of aryl methyl sites for hydroxylation is 2. The average molecular weight is 260 g/mol. The quantitative estimate of drug-likeness (QED) is 0.845. The van der Waals surface area contributed by atoms with Crippen LogP contribution in [-0.4, -0.2) is 32.1 Å². The maximum atomic E-state index is 3.47. The lowest BCUT2D eigenvalue weighted by Gasteiger charge is -2.25. The molecule has 19 heavy (non-hydrogen) atoms. The third kappa shape index (κ3) is 4.05. The summed E-state index contributed by atoms with van der Waals surface area (Å²) >= 11 is 0. The topological polar surface area (TPSA) is 15.3 Å². The molecule has 1 N–H and O–H groups in total. The average Bonchev–Trinajstić information content (AvgIpc) is 3.00. The highest BCUT2D eigenvalue weighted by atomic mass is 15.1. The van der Waals surface area contributed by atoms with E-state index < -0.39 is 0 Å². The third-order valence-electron chi connectivity index (χ3n) is 4.31. The van der Waals surface area contributed by atoms with E-state index in [-0.39, 0.29) is 0 Å². The zero-order valence-corrected chi connectivity index (χ0v) is 13.0. The Hall–Kier alpha value is -0.860. The number of hydrogen-bond acceptors (Lipinski definition) is 2. The molecule has 0 amide bonds. The normalized spacial score (nSPS) is 23.7. The van der Waals surface area contributed by atoms with Crippen LogP contribution in [0.15, 0.2) is 18.2 Å². The van der Waals surface area contributed by atoms with Crippen molar-refractivity contribution in [2.24, 2.45) is 11.8 Å². The van der Waals surface area contributed by atoms with Gasteiger partial charge in [0.15, 0.2) is 0 Å². The van der Waals surface area contributed by atoms with Crippen LogP contribution in [-0.2, 0) is 0 Å². The highest BCUT2D eigenvalue weighted by Gasteiger charge is 2.33. The highest BCUT2D eigenvalue weighted by molar-refractivity contribution is 5.30. The van der Waals surface area contributed by atoms with Crippen molar-refractivity contribution in [1.82, 2.24) is 10.2 Å². The molecule has 2 heteroatoms. The van der Waals surface area contributed by atoms with E-state index in [1.807, 2.05) is 0 Å². The first-order valence-electron chi connectivity index (χ1n) is 7.43. The van der Waals surface area contributed by atoms with Gasteiger partial charge in [-0.1, -0.05) is 36.2 Å². The molecule has 106 valence electrons. The van der Waals surface area contributed by atoms with Gasteiger partial charge in [-0.3, -0.25) is 0 Å². The van der Waals surface area contributed by atoms with Gasteiger partial charge in [0.25, 0.3) is 0 Å². The second-order valence-corrected chi connectivity index (χ2v) is 6.46. The van der Waals surface area contributed by atoms with Crippen LogP contribution in [0.1, 0.15) is 36.1 Å². The molecule has 1 aromatic rings. The summed E-state index contributed by atoms with van der Waals surface area (Å²) in [5, 5.41) is 3.47. The molecule has 0 aliphatic heterocycles. The molecule has 1 aliphatic rings. The predicted octanol–water partition coefficient (Wildman–Crippen LogP) is 3.15. The van der Waals surface area contributed by atoms with Crippen molar-refractivity contribution in [3.05, 3.63) is 34.9 Å².